The van der Waals surface area contributed by atoms with Crippen molar-refractivity contribution in [1.29, 1.82) is 0 Å². The van der Waals surface area contributed by atoms with Crippen molar-refractivity contribution in [2.24, 2.45) is 0 Å². The SMILES string of the molecule is C[C@@H]1CCCCN1C(=O)Cn1nnc(-c2cccc(C(F)(F)F)c2)n1. The molecule has 6 nitrogen and oxygen atoms in total. The number of halogens is 3. The molecular formula is C16H18F3N5O. The molecule has 0 unspecified atom stereocenters. The molecule has 1 fully saturated rings. The number of aromatic nitrogens is 4. The first-order valence-corrected chi connectivity index (χ1v) is 8.09. The van der Waals surface area contributed by atoms with E-state index in [4.69, 9.17) is 0 Å². The summed E-state index contributed by atoms with van der Waals surface area (Å²) in [5.41, 5.74) is -0.570. The first-order valence-electron chi connectivity index (χ1n) is 8.09. The molecular weight excluding hydrogens is 335 g/mol. The molecule has 9 heteroatoms. The summed E-state index contributed by atoms with van der Waals surface area (Å²) < 4.78 is 38.4. The summed E-state index contributed by atoms with van der Waals surface area (Å²) in [5.74, 6) is -0.0502. The maximum absolute atomic E-state index is 12.8. The molecule has 0 radical (unpaired) electrons. The van der Waals surface area contributed by atoms with Gasteiger partial charge in [-0.1, -0.05) is 12.1 Å². The van der Waals surface area contributed by atoms with Gasteiger partial charge in [-0.3, -0.25) is 4.79 Å². The van der Waals surface area contributed by atoms with Gasteiger partial charge in [-0.2, -0.15) is 18.0 Å². The maximum atomic E-state index is 12.8. The predicted octanol–water partition coefficient (Wildman–Crippen LogP) is 2.76. The molecule has 1 aromatic heterocycles. The molecule has 0 saturated carbocycles. The third kappa shape index (κ3) is 3.97. The topological polar surface area (TPSA) is 63.9 Å². The zero-order valence-electron chi connectivity index (χ0n) is 13.7. The van der Waals surface area contributed by atoms with Crippen molar-refractivity contribution >= 4 is 5.91 Å². The number of hydrogen-bond donors (Lipinski definition) is 0. The Hall–Kier alpha value is -2.45. The number of nitrogens with zero attached hydrogens (tertiary/aromatic N) is 5. The van der Waals surface area contributed by atoms with Crippen LogP contribution in [-0.2, 0) is 17.5 Å². The van der Waals surface area contributed by atoms with E-state index in [1.807, 2.05) is 6.92 Å². The molecule has 1 aliphatic heterocycles. The van der Waals surface area contributed by atoms with Gasteiger partial charge in [0.25, 0.3) is 0 Å². The highest BCUT2D eigenvalue weighted by Gasteiger charge is 2.31. The van der Waals surface area contributed by atoms with Crippen LogP contribution in [0.25, 0.3) is 11.4 Å². The lowest BCUT2D eigenvalue weighted by Crippen LogP contribution is -2.43. The van der Waals surface area contributed by atoms with E-state index in [-0.39, 0.29) is 29.9 Å². The number of piperidine rings is 1. The molecule has 1 amide bonds. The van der Waals surface area contributed by atoms with Crippen LogP contribution < -0.4 is 0 Å². The Morgan fingerprint density at radius 3 is 2.84 bits per heavy atom. The van der Waals surface area contributed by atoms with E-state index in [1.165, 1.54) is 12.1 Å². The van der Waals surface area contributed by atoms with Crippen molar-refractivity contribution in [2.45, 2.75) is 44.9 Å². The molecule has 134 valence electrons. The van der Waals surface area contributed by atoms with Crippen LogP contribution >= 0.6 is 0 Å². The van der Waals surface area contributed by atoms with Crippen LogP contribution in [0, 0.1) is 0 Å². The number of carbonyl (C=O) groups is 1. The van der Waals surface area contributed by atoms with Crippen LogP contribution in [0.4, 0.5) is 13.2 Å². The molecule has 0 aliphatic carbocycles. The monoisotopic (exact) mass is 353 g/mol. The van der Waals surface area contributed by atoms with Gasteiger partial charge in [0.1, 0.15) is 6.54 Å². The molecule has 3 rings (SSSR count). The van der Waals surface area contributed by atoms with Crippen LogP contribution in [0.5, 0.6) is 0 Å². The van der Waals surface area contributed by atoms with Crippen molar-refractivity contribution in [2.75, 3.05) is 6.54 Å². The Morgan fingerprint density at radius 1 is 1.32 bits per heavy atom. The number of amides is 1. The zero-order chi connectivity index (χ0) is 18.0. The number of carbonyl (C=O) groups excluding carboxylic acids is 1. The van der Waals surface area contributed by atoms with Crippen LogP contribution in [0.1, 0.15) is 31.7 Å². The van der Waals surface area contributed by atoms with Crippen molar-refractivity contribution in [3.05, 3.63) is 29.8 Å². The van der Waals surface area contributed by atoms with Gasteiger partial charge >= 0.3 is 6.18 Å². The van der Waals surface area contributed by atoms with Crippen LogP contribution in [0.2, 0.25) is 0 Å². The van der Waals surface area contributed by atoms with Gasteiger partial charge in [0.2, 0.25) is 11.7 Å². The minimum Gasteiger partial charge on any atom is -0.338 e. The van der Waals surface area contributed by atoms with Gasteiger partial charge < -0.3 is 4.90 Å². The minimum atomic E-state index is -4.44. The van der Waals surface area contributed by atoms with Crippen LogP contribution in [0.15, 0.2) is 24.3 Å². The van der Waals surface area contributed by atoms with Crippen molar-refractivity contribution in [3.63, 3.8) is 0 Å². The Kier molecular flexibility index (Phi) is 4.73. The number of alkyl halides is 3. The Bertz CT molecular complexity index is 758. The molecule has 0 N–H and O–H groups in total. The molecule has 0 spiro atoms. The molecule has 1 saturated heterocycles. The average molecular weight is 353 g/mol. The second kappa shape index (κ2) is 6.81. The standard InChI is InChI=1S/C16H18F3N5O/c1-11-5-2-3-8-23(11)14(25)10-24-21-15(20-22-24)12-6-4-7-13(9-12)16(17,18)19/h4,6-7,9,11H,2-3,5,8,10H2,1H3/t11-/m1/s1. The van der Waals surface area contributed by atoms with E-state index in [9.17, 15) is 18.0 Å². The fourth-order valence-corrected chi connectivity index (χ4v) is 2.94. The second-order valence-corrected chi connectivity index (χ2v) is 6.15. The third-order valence-electron chi connectivity index (χ3n) is 4.30. The van der Waals surface area contributed by atoms with Gasteiger partial charge in [-0.05, 0) is 43.5 Å². The van der Waals surface area contributed by atoms with Gasteiger partial charge in [0.05, 0.1) is 5.56 Å². The highest BCUT2D eigenvalue weighted by Crippen LogP contribution is 2.31. The van der Waals surface area contributed by atoms with Crippen molar-refractivity contribution in [1.82, 2.24) is 25.1 Å². The lowest BCUT2D eigenvalue weighted by molar-refractivity contribution is -0.137. The fourth-order valence-electron chi connectivity index (χ4n) is 2.94. The number of rotatable bonds is 3. The lowest BCUT2D eigenvalue weighted by Gasteiger charge is -2.33. The lowest BCUT2D eigenvalue weighted by atomic mass is 10.0. The molecule has 1 aromatic carbocycles. The summed E-state index contributed by atoms with van der Waals surface area (Å²) in [7, 11) is 0. The molecule has 1 atom stereocenters. The molecule has 2 aromatic rings. The summed E-state index contributed by atoms with van der Waals surface area (Å²) in [5, 5.41) is 11.6. The average Bonchev–Trinajstić information content (AvgIpc) is 3.03. The summed E-state index contributed by atoms with van der Waals surface area (Å²) >= 11 is 0. The summed E-state index contributed by atoms with van der Waals surface area (Å²) in [6, 6.07) is 4.89. The number of likely N-dealkylation sites (tertiary alicyclic amines) is 1. The zero-order valence-corrected chi connectivity index (χ0v) is 13.7. The quantitative estimate of drug-likeness (QED) is 0.851. The molecule has 25 heavy (non-hydrogen) atoms. The maximum Gasteiger partial charge on any atom is 0.416 e. The minimum absolute atomic E-state index is 0.0607. The number of benzene rings is 1. The van der Waals surface area contributed by atoms with Gasteiger partial charge in [-0.25, -0.2) is 0 Å². The normalized spacial score (nSPS) is 18.4. The first-order chi connectivity index (χ1) is 11.8. The summed E-state index contributed by atoms with van der Waals surface area (Å²) in [6.07, 6.45) is -1.40. The highest BCUT2D eigenvalue weighted by molar-refractivity contribution is 5.76. The first kappa shape index (κ1) is 17.4. The van der Waals surface area contributed by atoms with E-state index in [2.05, 4.69) is 15.4 Å². The number of tetrazole rings is 1. The van der Waals surface area contributed by atoms with E-state index in [0.717, 1.165) is 36.2 Å². The van der Waals surface area contributed by atoms with Gasteiger partial charge in [0, 0.05) is 18.2 Å². The van der Waals surface area contributed by atoms with Crippen molar-refractivity contribution < 1.29 is 18.0 Å². The predicted molar refractivity (Wildman–Crippen MR) is 83.3 cm³/mol. The van der Waals surface area contributed by atoms with E-state index < -0.39 is 11.7 Å². The van der Waals surface area contributed by atoms with Crippen LogP contribution in [0.3, 0.4) is 0 Å². The molecule has 2 heterocycles. The van der Waals surface area contributed by atoms with E-state index >= 15 is 0 Å². The second-order valence-electron chi connectivity index (χ2n) is 6.15. The van der Waals surface area contributed by atoms with Gasteiger partial charge in [-0.15, -0.1) is 10.2 Å². The Balaban J connectivity index is 1.73. The summed E-state index contributed by atoms with van der Waals surface area (Å²) in [6.45, 7) is 2.63. The molecule has 1 aliphatic rings. The van der Waals surface area contributed by atoms with Crippen LogP contribution in [-0.4, -0.2) is 43.6 Å². The number of hydrogen-bond acceptors (Lipinski definition) is 4. The van der Waals surface area contributed by atoms with Crippen molar-refractivity contribution in [3.8, 4) is 11.4 Å². The van der Waals surface area contributed by atoms with E-state index in [0.29, 0.717) is 6.54 Å². The summed E-state index contributed by atoms with van der Waals surface area (Å²) in [4.78, 5) is 15.3. The Morgan fingerprint density at radius 2 is 2.12 bits per heavy atom. The fraction of sp³-hybridized carbons (Fsp3) is 0.500. The molecule has 0 bridgehead atoms. The van der Waals surface area contributed by atoms with E-state index in [1.54, 1.807) is 4.90 Å². The Labute approximate surface area is 142 Å². The highest BCUT2D eigenvalue weighted by atomic mass is 19.4. The largest absolute Gasteiger partial charge is 0.416 e. The smallest absolute Gasteiger partial charge is 0.338 e. The van der Waals surface area contributed by atoms with Gasteiger partial charge in [0.15, 0.2) is 0 Å². The third-order valence-corrected chi connectivity index (χ3v) is 4.30.